The highest BCUT2D eigenvalue weighted by Crippen LogP contribution is 2.34. The fourth-order valence-corrected chi connectivity index (χ4v) is 6.20. The Bertz CT molecular complexity index is 1500. The van der Waals surface area contributed by atoms with Crippen molar-refractivity contribution in [3.63, 3.8) is 0 Å². The quantitative estimate of drug-likeness (QED) is 0.0456. The van der Waals surface area contributed by atoms with E-state index >= 15 is 0 Å². The minimum atomic E-state index is -4.87. The second-order valence-corrected chi connectivity index (χ2v) is 16.0. The summed E-state index contributed by atoms with van der Waals surface area (Å²) in [6.07, 6.45) is 3.76. The SMILES string of the molecule is CCCCCNc1ccc(CNCCCCC(NC(=O)CCC(NC(=O)C(CS(=O)(=O)O)NC(=O)C(C)(C)CC(C)(C)C(=O)O)C(=O)O)C(N)=O)cc1. The summed E-state index contributed by atoms with van der Waals surface area (Å²) < 4.78 is 32.7. The van der Waals surface area contributed by atoms with E-state index in [1.165, 1.54) is 40.5 Å². The molecule has 4 amide bonds. The lowest BCUT2D eigenvalue weighted by Crippen LogP contribution is -2.56. The van der Waals surface area contributed by atoms with E-state index in [1.54, 1.807) is 0 Å². The van der Waals surface area contributed by atoms with E-state index < -0.39 is 93.2 Å². The maximum Gasteiger partial charge on any atom is 0.326 e. The number of carboxylic acids is 2. The molecule has 0 radical (unpaired) electrons. The number of benzene rings is 1. The molecule has 1 aromatic carbocycles. The molecule has 0 bridgehead atoms. The van der Waals surface area contributed by atoms with Crippen LogP contribution in [0.2, 0.25) is 0 Å². The first-order valence-corrected chi connectivity index (χ1v) is 19.3. The van der Waals surface area contributed by atoms with Crippen molar-refractivity contribution < 1.29 is 52.0 Å². The summed E-state index contributed by atoms with van der Waals surface area (Å²) in [6.45, 7) is 9.89. The minimum Gasteiger partial charge on any atom is -0.481 e. The Morgan fingerprint density at radius 2 is 1.42 bits per heavy atom. The number of carboxylic acid groups (broad SMARTS) is 2. The second kappa shape index (κ2) is 22.0. The van der Waals surface area contributed by atoms with Gasteiger partial charge in [0.2, 0.25) is 23.6 Å². The number of anilines is 1. The number of primary amides is 1. The highest BCUT2D eigenvalue weighted by Gasteiger charge is 2.41. The molecule has 0 saturated heterocycles. The number of unbranched alkanes of at least 4 members (excludes halogenated alkanes) is 3. The number of hydrogen-bond acceptors (Lipinski definition) is 10. The summed E-state index contributed by atoms with van der Waals surface area (Å²) in [7, 11) is -4.87. The van der Waals surface area contributed by atoms with Crippen molar-refractivity contribution in [2.24, 2.45) is 16.6 Å². The van der Waals surface area contributed by atoms with E-state index in [0.717, 1.165) is 24.2 Å². The van der Waals surface area contributed by atoms with Gasteiger partial charge in [0.05, 0.1) is 5.41 Å². The third kappa shape index (κ3) is 18.9. The first kappa shape index (κ1) is 46.7. The average molecular weight is 771 g/mol. The van der Waals surface area contributed by atoms with Gasteiger partial charge in [-0.2, -0.15) is 8.42 Å². The second-order valence-electron chi connectivity index (χ2n) is 14.5. The highest BCUT2D eigenvalue weighted by atomic mass is 32.2. The van der Waals surface area contributed by atoms with Gasteiger partial charge in [0.25, 0.3) is 10.1 Å². The Morgan fingerprint density at radius 1 is 0.792 bits per heavy atom. The summed E-state index contributed by atoms with van der Waals surface area (Å²) in [4.78, 5) is 74.2. The summed E-state index contributed by atoms with van der Waals surface area (Å²) in [6, 6.07) is 3.43. The molecule has 18 heteroatoms. The Balaban J connectivity index is 2.67. The molecule has 1 rings (SSSR count). The van der Waals surface area contributed by atoms with Crippen LogP contribution in [0.15, 0.2) is 24.3 Å². The van der Waals surface area contributed by atoms with E-state index in [1.807, 2.05) is 24.3 Å². The molecule has 3 unspecified atom stereocenters. The highest BCUT2D eigenvalue weighted by molar-refractivity contribution is 7.85. The van der Waals surface area contributed by atoms with Gasteiger partial charge in [-0.3, -0.25) is 28.5 Å². The lowest BCUT2D eigenvalue weighted by atomic mass is 9.74. The molecular weight excluding hydrogens is 712 g/mol. The van der Waals surface area contributed by atoms with Crippen molar-refractivity contribution in [2.75, 3.05) is 24.2 Å². The zero-order valence-corrected chi connectivity index (χ0v) is 32.1. The van der Waals surface area contributed by atoms with Crippen LogP contribution in [0.5, 0.6) is 0 Å². The summed E-state index contributed by atoms with van der Waals surface area (Å²) >= 11 is 0. The zero-order valence-electron chi connectivity index (χ0n) is 31.3. The fraction of sp³-hybridized carbons (Fsp3) is 0.657. The number of hydrogen-bond donors (Lipinski definition) is 9. The molecule has 17 nitrogen and oxygen atoms in total. The maximum absolute atomic E-state index is 13.0. The Hall–Kier alpha value is -4.29. The molecule has 0 spiro atoms. The van der Waals surface area contributed by atoms with Crippen LogP contribution in [0.1, 0.15) is 98.0 Å². The summed E-state index contributed by atoms with van der Waals surface area (Å²) in [5, 5.41) is 32.6. The van der Waals surface area contributed by atoms with Gasteiger partial charge in [-0.15, -0.1) is 0 Å². The van der Waals surface area contributed by atoms with Gasteiger partial charge in [0.15, 0.2) is 0 Å². The van der Waals surface area contributed by atoms with Crippen LogP contribution in [0, 0.1) is 10.8 Å². The van der Waals surface area contributed by atoms with Crippen LogP contribution >= 0.6 is 0 Å². The number of carbonyl (C=O) groups is 6. The minimum absolute atomic E-state index is 0.218. The van der Waals surface area contributed by atoms with E-state index in [0.29, 0.717) is 25.9 Å². The smallest absolute Gasteiger partial charge is 0.326 e. The van der Waals surface area contributed by atoms with Crippen molar-refractivity contribution >= 4 is 51.4 Å². The average Bonchev–Trinajstić information content (AvgIpc) is 3.04. The van der Waals surface area contributed by atoms with Gasteiger partial charge < -0.3 is 42.5 Å². The molecule has 0 aliphatic heterocycles. The normalized spacial score (nSPS) is 13.6. The molecule has 0 fully saturated rings. The van der Waals surface area contributed by atoms with Crippen LogP contribution in [0.4, 0.5) is 5.69 Å². The molecule has 0 saturated carbocycles. The Kier molecular flexibility index (Phi) is 19.4. The van der Waals surface area contributed by atoms with Crippen molar-refractivity contribution in [3.8, 4) is 0 Å². The van der Waals surface area contributed by atoms with Gasteiger partial charge in [0.1, 0.15) is 23.9 Å². The third-order valence-electron chi connectivity index (χ3n) is 8.52. The molecular formula is C35H58N6O11S. The third-order valence-corrected chi connectivity index (χ3v) is 9.27. The lowest BCUT2D eigenvalue weighted by Gasteiger charge is -2.32. The van der Waals surface area contributed by atoms with Gasteiger partial charge in [-0.25, -0.2) is 4.79 Å². The van der Waals surface area contributed by atoms with Crippen LogP contribution in [-0.4, -0.2) is 95.7 Å². The Morgan fingerprint density at radius 3 is 1.96 bits per heavy atom. The van der Waals surface area contributed by atoms with Crippen molar-refractivity contribution in [2.45, 2.75) is 117 Å². The molecule has 53 heavy (non-hydrogen) atoms. The van der Waals surface area contributed by atoms with Crippen LogP contribution in [0.25, 0.3) is 0 Å². The first-order valence-electron chi connectivity index (χ1n) is 17.7. The molecule has 0 aromatic heterocycles. The largest absolute Gasteiger partial charge is 0.481 e. The fourth-order valence-electron chi connectivity index (χ4n) is 5.54. The van der Waals surface area contributed by atoms with Crippen molar-refractivity contribution in [1.29, 1.82) is 0 Å². The van der Waals surface area contributed by atoms with Gasteiger partial charge in [-0.05, 0) is 76.6 Å². The zero-order chi connectivity index (χ0) is 40.4. The van der Waals surface area contributed by atoms with Crippen LogP contribution < -0.4 is 32.3 Å². The van der Waals surface area contributed by atoms with Gasteiger partial charge in [-0.1, -0.05) is 45.7 Å². The topological polar surface area (TPSA) is 283 Å². The number of carbonyl (C=O) groups excluding carboxylic acids is 4. The molecule has 0 aliphatic carbocycles. The van der Waals surface area contributed by atoms with E-state index in [4.69, 9.17) is 5.73 Å². The van der Waals surface area contributed by atoms with E-state index in [-0.39, 0.29) is 12.8 Å². The van der Waals surface area contributed by atoms with E-state index in [9.17, 15) is 52.0 Å². The lowest BCUT2D eigenvalue weighted by molar-refractivity contribution is -0.150. The number of rotatable bonds is 27. The standard InChI is InChI=1S/C35H58N6O11S/c1-6-7-9-19-38-24-14-12-23(13-15-24)20-37-18-10-8-11-25(29(36)43)39-28(42)17-16-26(31(45)46)40-30(44)27(21-53(50,51)52)41-32(47)34(2,3)22-35(4,5)33(48)49/h12-15,25-27,37-38H,6-11,16-22H2,1-5H3,(H2,36,43)(H,39,42)(H,40,44)(H,41,47)(H,45,46)(H,48,49)(H,50,51,52). The maximum atomic E-state index is 13.0. The molecule has 3 atom stereocenters. The number of aliphatic carboxylic acids is 2. The van der Waals surface area contributed by atoms with Crippen LogP contribution in [-0.2, 0) is 45.4 Å². The van der Waals surface area contributed by atoms with Gasteiger partial charge in [0, 0.05) is 30.6 Å². The van der Waals surface area contributed by atoms with E-state index in [2.05, 4.69) is 33.5 Å². The molecule has 10 N–H and O–H groups in total. The molecule has 0 heterocycles. The van der Waals surface area contributed by atoms with Gasteiger partial charge >= 0.3 is 11.9 Å². The predicted molar refractivity (Wildman–Crippen MR) is 198 cm³/mol. The number of nitrogens with one attached hydrogen (secondary N) is 5. The summed E-state index contributed by atoms with van der Waals surface area (Å²) in [5.41, 5.74) is 4.84. The number of amides is 4. The Labute approximate surface area is 311 Å². The van der Waals surface area contributed by atoms with Crippen molar-refractivity contribution in [3.05, 3.63) is 29.8 Å². The molecule has 300 valence electrons. The molecule has 0 aliphatic rings. The first-order chi connectivity index (χ1) is 24.6. The monoisotopic (exact) mass is 770 g/mol. The predicted octanol–water partition coefficient (Wildman–Crippen LogP) is 1.77. The van der Waals surface area contributed by atoms with Crippen LogP contribution in [0.3, 0.4) is 0 Å². The number of nitrogens with two attached hydrogens (primary N) is 1. The van der Waals surface area contributed by atoms with Crippen molar-refractivity contribution in [1.82, 2.24) is 21.3 Å². The summed E-state index contributed by atoms with van der Waals surface area (Å²) in [5.74, 6) is -7.81. The molecule has 1 aromatic rings.